The lowest BCUT2D eigenvalue weighted by Crippen LogP contribution is -2.45. The van der Waals surface area contributed by atoms with Crippen molar-refractivity contribution in [2.24, 2.45) is 10.2 Å². The van der Waals surface area contributed by atoms with Crippen molar-refractivity contribution in [3.8, 4) is 0 Å². The molecule has 1 aliphatic rings. The van der Waals surface area contributed by atoms with Crippen LogP contribution in [0.25, 0.3) is 0 Å². The van der Waals surface area contributed by atoms with Gasteiger partial charge in [0, 0.05) is 18.3 Å². The molecular formula is C16H14I2N4. The maximum absolute atomic E-state index is 4.38. The van der Waals surface area contributed by atoms with Gasteiger partial charge in [-0.1, -0.05) is 24.3 Å². The van der Waals surface area contributed by atoms with Crippen molar-refractivity contribution in [1.82, 2.24) is 10.9 Å². The van der Waals surface area contributed by atoms with Gasteiger partial charge in [0.15, 0.2) is 11.7 Å². The van der Waals surface area contributed by atoms with Crippen molar-refractivity contribution in [3.05, 3.63) is 65.8 Å². The van der Waals surface area contributed by atoms with Crippen LogP contribution in [0.2, 0.25) is 0 Å². The van der Waals surface area contributed by atoms with Crippen LogP contribution in [0.5, 0.6) is 0 Å². The van der Waals surface area contributed by atoms with Crippen LogP contribution >= 0.6 is 45.2 Å². The third-order valence-corrected chi connectivity index (χ3v) is 5.26. The van der Waals surface area contributed by atoms with Crippen molar-refractivity contribution in [2.45, 2.75) is 13.8 Å². The quantitative estimate of drug-likeness (QED) is 0.599. The Morgan fingerprint density at radius 3 is 1.45 bits per heavy atom. The van der Waals surface area contributed by atoms with Gasteiger partial charge in [-0.25, -0.2) is 0 Å². The molecule has 0 bridgehead atoms. The Hall–Kier alpha value is -1.16. The van der Waals surface area contributed by atoms with E-state index in [9.17, 15) is 0 Å². The summed E-state index contributed by atoms with van der Waals surface area (Å²) in [6.45, 7) is 4.15. The molecule has 2 aromatic rings. The van der Waals surface area contributed by atoms with Crippen molar-refractivity contribution in [2.75, 3.05) is 0 Å². The highest BCUT2D eigenvalue weighted by Crippen LogP contribution is 2.20. The van der Waals surface area contributed by atoms with Crippen LogP contribution in [0.3, 0.4) is 0 Å². The van der Waals surface area contributed by atoms with Crippen LogP contribution in [-0.4, -0.2) is 11.7 Å². The zero-order valence-corrected chi connectivity index (χ0v) is 16.4. The van der Waals surface area contributed by atoms with E-state index in [0.29, 0.717) is 0 Å². The molecule has 0 saturated carbocycles. The molecule has 4 nitrogen and oxygen atoms in total. The summed E-state index contributed by atoms with van der Waals surface area (Å²) < 4.78 is 2.30. The number of aryl methyl sites for hydroxylation is 2. The zero-order valence-electron chi connectivity index (χ0n) is 12.1. The van der Waals surface area contributed by atoms with E-state index in [-0.39, 0.29) is 0 Å². The second-order valence-corrected chi connectivity index (χ2v) is 7.34. The number of amidine groups is 2. The Morgan fingerprint density at radius 1 is 0.727 bits per heavy atom. The Bertz CT molecular complexity index is 689. The monoisotopic (exact) mass is 516 g/mol. The molecule has 0 spiro atoms. The highest BCUT2D eigenvalue weighted by atomic mass is 127. The molecule has 0 saturated heterocycles. The summed E-state index contributed by atoms with van der Waals surface area (Å²) in [5.41, 5.74) is 10.9. The first-order valence-electron chi connectivity index (χ1n) is 6.76. The summed E-state index contributed by atoms with van der Waals surface area (Å²) in [4.78, 5) is 0. The minimum Gasteiger partial charge on any atom is -0.281 e. The lowest BCUT2D eigenvalue weighted by Gasteiger charge is -2.20. The topological polar surface area (TPSA) is 48.8 Å². The van der Waals surface area contributed by atoms with E-state index in [2.05, 4.69) is 104 Å². The van der Waals surface area contributed by atoms with Gasteiger partial charge in [-0.3, -0.25) is 10.9 Å². The first kappa shape index (κ1) is 15.7. The minimum atomic E-state index is 0.745. The van der Waals surface area contributed by atoms with Crippen molar-refractivity contribution in [1.29, 1.82) is 0 Å². The molecule has 0 aliphatic carbocycles. The van der Waals surface area contributed by atoms with Crippen LogP contribution in [0.15, 0.2) is 46.6 Å². The fraction of sp³-hybridized carbons (Fsp3) is 0.125. The number of hydrazine groups is 1. The van der Waals surface area contributed by atoms with Crippen LogP contribution in [0.4, 0.5) is 0 Å². The van der Waals surface area contributed by atoms with Gasteiger partial charge < -0.3 is 0 Å². The molecule has 0 radical (unpaired) electrons. The van der Waals surface area contributed by atoms with Crippen molar-refractivity contribution >= 4 is 56.9 Å². The van der Waals surface area contributed by atoms with E-state index in [1.54, 1.807) is 0 Å². The molecule has 2 aromatic carbocycles. The molecule has 0 atom stereocenters. The molecule has 6 heteroatoms. The standard InChI is InChI=1S/C16H14I2N4/c1-9-5-3-7-11(17)13(9)15-19-21-16(22-20-15)14-10(2)6-4-8-12(14)18/h3-8H,1-2H3,(H,19,20)(H,21,22). The first-order valence-corrected chi connectivity index (χ1v) is 8.92. The SMILES string of the molecule is Cc1cccc(I)c1C1=NN=C(c2c(C)cccc2I)NN1. The van der Waals surface area contributed by atoms with E-state index >= 15 is 0 Å². The second-order valence-electron chi connectivity index (χ2n) is 5.01. The zero-order chi connectivity index (χ0) is 15.7. The lowest BCUT2D eigenvalue weighted by atomic mass is 10.1. The van der Waals surface area contributed by atoms with E-state index in [1.807, 2.05) is 12.1 Å². The molecule has 1 aliphatic heterocycles. The molecular weight excluding hydrogens is 502 g/mol. The fourth-order valence-corrected chi connectivity index (χ4v) is 4.13. The number of hydrogen-bond donors (Lipinski definition) is 2. The van der Waals surface area contributed by atoms with Gasteiger partial charge in [-0.2, -0.15) is 0 Å². The molecule has 0 amide bonds. The average molecular weight is 516 g/mol. The summed E-state index contributed by atoms with van der Waals surface area (Å²) in [5, 5.41) is 8.77. The summed E-state index contributed by atoms with van der Waals surface area (Å²) in [6.07, 6.45) is 0. The predicted molar refractivity (Wildman–Crippen MR) is 107 cm³/mol. The highest BCUT2D eigenvalue weighted by molar-refractivity contribution is 14.1. The van der Waals surface area contributed by atoms with Gasteiger partial charge in [0.1, 0.15) is 0 Å². The number of rotatable bonds is 2. The maximum atomic E-state index is 4.38. The fourth-order valence-electron chi connectivity index (χ4n) is 2.36. The average Bonchev–Trinajstić information content (AvgIpc) is 2.48. The molecule has 1 heterocycles. The number of benzene rings is 2. The highest BCUT2D eigenvalue weighted by Gasteiger charge is 2.18. The lowest BCUT2D eigenvalue weighted by molar-refractivity contribution is 0.823. The predicted octanol–water partition coefficient (Wildman–Crippen LogP) is 3.73. The minimum absolute atomic E-state index is 0.745. The summed E-state index contributed by atoms with van der Waals surface area (Å²) in [5.74, 6) is 1.49. The Balaban J connectivity index is 2.02. The van der Waals surface area contributed by atoms with E-state index in [4.69, 9.17) is 0 Å². The molecule has 0 unspecified atom stereocenters. The Morgan fingerprint density at radius 2 is 1.14 bits per heavy atom. The van der Waals surface area contributed by atoms with Crippen LogP contribution < -0.4 is 10.9 Å². The number of nitrogens with one attached hydrogen (secondary N) is 2. The number of halogens is 2. The van der Waals surface area contributed by atoms with Crippen LogP contribution in [0.1, 0.15) is 22.3 Å². The van der Waals surface area contributed by atoms with Gasteiger partial charge >= 0.3 is 0 Å². The van der Waals surface area contributed by atoms with Gasteiger partial charge in [-0.15, -0.1) is 10.2 Å². The second kappa shape index (κ2) is 6.53. The van der Waals surface area contributed by atoms with Gasteiger partial charge in [0.2, 0.25) is 0 Å². The molecule has 2 N–H and O–H groups in total. The summed E-state index contributed by atoms with van der Waals surface area (Å²) >= 11 is 4.64. The van der Waals surface area contributed by atoms with Gasteiger partial charge in [0.25, 0.3) is 0 Å². The Labute approximate surface area is 156 Å². The van der Waals surface area contributed by atoms with Crippen LogP contribution in [0, 0.1) is 21.0 Å². The maximum Gasteiger partial charge on any atom is 0.175 e. The van der Waals surface area contributed by atoms with Crippen LogP contribution in [-0.2, 0) is 0 Å². The molecule has 112 valence electrons. The third-order valence-electron chi connectivity index (χ3n) is 3.47. The number of hydrogen-bond acceptors (Lipinski definition) is 4. The molecule has 0 aromatic heterocycles. The van der Waals surface area contributed by atoms with Gasteiger partial charge in [-0.05, 0) is 82.3 Å². The Kier molecular flexibility index (Phi) is 4.67. The summed E-state index contributed by atoms with van der Waals surface area (Å²) in [7, 11) is 0. The smallest absolute Gasteiger partial charge is 0.175 e. The van der Waals surface area contributed by atoms with E-state index < -0.39 is 0 Å². The normalized spacial score (nSPS) is 13.8. The van der Waals surface area contributed by atoms with E-state index in [1.165, 1.54) is 11.1 Å². The summed E-state index contributed by atoms with van der Waals surface area (Å²) in [6, 6.07) is 12.4. The third kappa shape index (κ3) is 2.98. The van der Waals surface area contributed by atoms with Crippen molar-refractivity contribution < 1.29 is 0 Å². The largest absolute Gasteiger partial charge is 0.281 e. The molecule has 0 fully saturated rings. The van der Waals surface area contributed by atoms with Crippen molar-refractivity contribution in [3.63, 3.8) is 0 Å². The number of nitrogens with zero attached hydrogens (tertiary/aromatic N) is 2. The molecule has 3 rings (SSSR count). The van der Waals surface area contributed by atoms with E-state index in [0.717, 1.165) is 29.9 Å². The first-order chi connectivity index (χ1) is 10.6. The molecule has 22 heavy (non-hydrogen) atoms. The van der Waals surface area contributed by atoms with Gasteiger partial charge in [0.05, 0.1) is 0 Å².